The molecule has 0 bridgehead atoms. The van der Waals surface area contributed by atoms with Gasteiger partial charge in [0.05, 0.1) is 13.2 Å². The third-order valence-electron chi connectivity index (χ3n) is 4.09. The number of hydrogen-bond acceptors (Lipinski definition) is 4. The Labute approximate surface area is 121 Å². The van der Waals surface area contributed by atoms with Gasteiger partial charge >= 0.3 is 0 Å². The van der Waals surface area contributed by atoms with E-state index < -0.39 is 0 Å². The van der Waals surface area contributed by atoms with Crippen LogP contribution in [0.4, 0.5) is 0 Å². The number of rotatable bonds is 7. The highest BCUT2D eigenvalue weighted by Gasteiger charge is 2.33. The van der Waals surface area contributed by atoms with Crippen LogP contribution in [0.1, 0.15) is 31.2 Å². The first-order valence-corrected chi connectivity index (χ1v) is 7.14. The Hall–Kier alpha value is -1.10. The van der Waals surface area contributed by atoms with E-state index in [-0.39, 0.29) is 12.3 Å². The van der Waals surface area contributed by atoms with Crippen molar-refractivity contribution in [2.24, 2.45) is 0 Å². The van der Waals surface area contributed by atoms with Crippen molar-refractivity contribution in [1.29, 1.82) is 0 Å². The van der Waals surface area contributed by atoms with Gasteiger partial charge in [-0.3, -0.25) is 0 Å². The Balaban J connectivity index is 1.85. The van der Waals surface area contributed by atoms with Crippen LogP contribution in [0.2, 0.25) is 0 Å². The fourth-order valence-electron chi connectivity index (χ4n) is 2.97. The van der Waals surface area contributed by atoms with E-state index in [0.29, 0.717) is 12.0 Å². The number of benzene rings is 1. The average molecular weight is 279 g/mol. The van der Waals surface area contributed by atoms with Crippen molar-refractivity contribution < 1.29 is 14.2 Å². The van der Waals surface area contributed by atoms with Gasteiger partial charge in [0.2, 0.25) is 0 Å². The van der Waals surface area contributed by atoms with Crippen molar-refractivity contribution in [1.82, 2.24) is 5.32 Å². The Morgan fingerprint density at radius 1 is 1.10 bits per heavy atom. The topological polar surface area (TPSA) is 39.7 Å². The van der Waals surface area contributed by atoms with Crippen molar-refractivity contribution in [2.75, 3.05) is 21.3 Å². The summed E-state index contributed by atoms with van der Waals surface area (Å²) < 4.78 is 16.0. The van der Waals surface area contributed by atoms with Crippen molar-refractivity contribution in [2.45, 2.75) is 44.1 Å². The average Bonchev–Trinajstić information content (AvgIpc) is 2.43. The van der Waals surface area contributed by atoms with E-state index in [2.05, 4.69) is 24.4 Å². The normalized spacial score (nSPS) is 23.4. The fraction of sp³-hybridized carbons (Fsp3) is 0.625. The minimum absolute atomic E-state index is 0.189. The Kier molecular flexibility index (Phi) is 5.40. The number of para-hydroxylation sites is 1. The summed E-state index contributed by atoms with van der Waals surface area (Å²) in [6, 6.07) is 9.00. The van der Waals surface area contributed by atoms with E-state index in [1.807, 2.05) is 12.1 Å². The predicted molar refractivity (Wildman–Crippen MR) is 79.2 cm³/mol. The second-order valence-corrected chi connectivity index (χ2v) is 5.40. The number of ether oxygens (including phenoxy) is 3. The molecule has 1 unspecified atom stereocenters. The molecule has 0 amide bonds. The van der Waals surface area contributed by atoms with Crippen LogP contribution in [-0.2, 0) is 9.47 Å². The molecule has 1 atom stereocenters. The largest absolute Gasteiger partial charge is 0.496 e. The molecule has 0 saturated heterocycles. The molecule has 4 nitrogen and oxygen atoms in total. The molecule has 0 aliphatic heterocycles. The lowest BCUT2D eigenvalue weighted by atomic mass is 9.75. The highest BCUT2D eigenvalue weighted by Crippen LogP contribution is 2.41. The molecule has 2 rings (SSSR count). The maximum Gasteiger partial charge on any atom is 0.171 e. The third kappa shape index (κ3) is 3.32. The Morgan fingerprint density at radius 2 is 1.75 bits per heavy atom. The van der Waals surface area contributed by atoms with Gasteiger partial charge in [0.1, 0.15) is 5.75 Å². The van der Waals surface area contributed by atoms with E-state index in [4.69, 9.17) is 14.2 Å². The van der Waals surface area contributed by atoms with Gasteiger partial charge in [-0.2, -0.15) is 0 Å². The van der Waals surface area contributed by atoms with E-state index in [1.165, 1.54) is 5.56 Å². The molecule has 112 valence electrons. The van der Waals surface area contributed by atoms with Crippen molar-refractivity contribution in [3.8, 4) is 5.75 Å². The molecule has 1 N–H and O–H groups in total. The van der Waals surface area contributed by atoms with Gasteiger partial charge in [0.25, 0.3) is 0 Å². The van der Waals surface area contributed by atoms with Gasteiger partial charge in [0, 0.05) is 20.3 Å². The van der Waals surface area contributed by atoms with E-state index in [1.54, 1.807) is 21.3 Å². The van der Waals surface area contributed by atoms with E-state index in [0.717, 1.165) is 18.6 Å². The number of hydrogen-bond donors (Lipinski definition) is 1. The van der Waals surface area contributed by atoms with Crippen molar-refractivity contribution >= 4 is 0 Å². The van der Waals surface area contributed by atoms with Crippen LogP contribution >= 0.6 is 0 Å². The molecule has 0 heterocycles. The molecule has 1 aliphatic carbocycles. The molecule has 1 fully saturated rings. The van der Waals surface area contributed by atoms with Crippen LogP contribution < -0.4 is 10.1 Å². The highest BCUT2D eigenvalue weighted by molar-refractivity contribution is 5.37. The zero-order chi connectivity index (χ0) is 14.5. The van der Waals surface area contributed by atoms with Crippen molar-refractivity contribution in [3.05, 3.63) is 29.8 Å². The lowest BCUT2D eigenvalue weighted by Crippen LogP contribution is -2.49. The van der Waals surface area contributed by atoms with Crippen LogP contribution in [0.3, 0.4) is 0 Å². The quantitative estimate of drug-likeness (QED) is 0.779. The minimum Gasteiger partial charge on any atom is -0.496 e. The SMILES string of the molecule is COc1ccccc1C1CC(NC(C)C(OC)OC)C1. The zero-order valence-corrected chi connectivity index (χ0v) is 12.8. The standard InChI is InChI=1S/C16H25NO3/c1-11(16(19-3)20-4)17-13-9-12(10-13)14-7-5-6-8-15(14)18-2/h5-8,11-13,16-17H,9-10H2,1-4H3. The van der Waals surface area contributed by atoms with Crippen LogP contribution in [0.5, 0.6) is 5.75 Å². The van der Waals surface area contributed by atoms with Crippen LogP contribution in [0, 0.1) is 0 Å². The molecule has 0 aromatic heterocycles. The molecule has 1 aromatic rings. The summed E-state index contributed by atoms with van der Waals surface area (Å²) in [4.78, 5) is 0. The lowest BCUT2D eigenvalue weighted by molar-refractivity contribution is -0.122. The summed E-state index contributed by atoms with van der Waals surface area (Å²) in [5, 5.41) is 3.56. The first kappa shape index (κ1) is 15.3. The van der Waals surface area contributed by atoms with E-state index in [9.17, 15) is 0 Å². The van der Waals surface area contributed by atoms with Gasteiger partial charge in [-0.25, -0.2) is 0 Å². The molecular weight excluding hydrogens is 254 g/mol. The molecule has 4 heteroatoms. The monoisotopic (exact) mass is 279 g/mol. The Morgan fingerprint density at radius 3 is 2.35 bits per heavy atom. The summed E-state index contributed by atoms with van der Waals surface area (Å²) >= 11 is 0. The van der Waals surface area contributed by atoms with Gasteiger partial charge in [-0.1, -0.05) is 18.2 Å². The molecule has 20 heavy (non-hydrogen) atoms. The molecule has 0 spiro atoms. The third-order valence-corrected chi connectivity index (χ3v) is 4.09. The first-order valence-electron chi connectivity index (χ1n) is 7.14. The summed E-state index contributed by atoms with van der Waals surface area (Å²) in [5.41, 5.74) is 1.32. The maximum absolute atomic E-state index is 5.43. The van der Waals surface area contributed by atoms with Crippen LogP contribution in [-0.4, -0.2) is 39.7 Å². The Bertz CT molecular complexity index is 414. The minimum atomic E-state index is -0.194. The maximum atomic E-state index is 5.43. The van der Waals surface area contributed by atoms with Gasteiger partial charge in [-0.05, 0) is 37.3 Å². The predicted octanol–water partition coefficient (Wildman–Crippen LogP) is 2.54. The summed E-state index contributed by atoms with van der Waals surface area (Å²) in [5.74, 6) is 1.58. The molecule has 1 saturated carbocycles. The molecule has 1 aliphatic rings. The van der Waals surface area contributed by atoms with Gasteiger partial charge < -0.3 is 19.5 Å². The van der Waals surface area contributed by atoms with Gasteiger partial charge in [-0.15, -0.1) is 0 Å². The van der Waals surface area contributed by atoms with Gasteiger partial charge in [0.15, 0.2) is 6.29 Å². The molecular formula is C16H25NO3. The first-order chi connectivity index (χ1) is 9.69. The summed E-state index contributed by atoms with van der Waals surface area (Å²) in [6.07, 6.45) is 2.07. The second-order valence-electron chi connectivity index (χ2n) is 5.40. The number of methoxy groups -OCH3 is 3. The number of nitrogens with one attached hydrogen (secondary N) is 1. The molecule has 1 aromatic carbocycles. The molecule has 0 radical (unpaired) electrons. The lowest BCUT2D eigenvalue weighted by Gasteiger charge is -2.39. The van der Waals surface area contributed by atoms with Crippen molar-refractivity contribution in [3.63, 3.8) is 0 Å². The summed E-state index contributed by atoms with van der Waals surface area (Å²) in [7, 11) is 5.08. The highest BCUT2D eigenvalue weighted by atomic mass is 16.7. The smallest absolute Gasteiger partial charge is 0.171 e. The van der Waals surface area contributed by atoms with E-state index >= 15 is 0 Å². The van der Waals surface area contributed by atoms with Crippen LogP contribution in [0.25, 0.3) is 0 Å². The second kappa shape index (κ2) is 7.07. The zero-order valence-electron chi connectivity index (χ0n) is 12.8. The van der Waals surface area contributed by atoms with Crippen LogP contribution in [0.15, 0.2) is 24.3 Å². The fourth-order valence-corrected chi connectivity index (χ4v) is 2.97. The summed E-state index contributed by atoms with van der Waals surface area (Å²) in [6.45, 7) is 2.09.